The molecule has 174 valence electrons. The van der Waals surface area contributed by atoms with Gasteiger partial charge in [-0.3, -0.25) is 10.1 Å². The van der Waals surface area contributed by atoms with E-state index in [1.807, 2.05) is 49.1 Å². The molecule has 5 rings (SSSR count). The summed E-state index contributed by atoms with van der Waals surface area (Å²) < 4.78 is 34.9. The first kappa shape index (κ1) is 22.0. The van der Waals surface area contributed by atoms with Crippen LogP contribution >= 0.6 is 0 Å². The van der Waals surface area contributed by atoms with E-state index in [0.29, 0.717) is 16.9 Å². The molecule has 0 aromatic heterocycles. The van der Waals surface area contributed by atoms with Crippen LogP contribution in [0.15, 0.2) is 60.7 Å². The van der Waals surface area contributed by atoms with Crippen LogP contribution in [0.3, 0.4) is 0 Å². The van der Waals surface area contributed by atoms with Crippen LogP contribution in [0.2, 0.25) is 0 Å². The molecule has 1 N–H and O–H groups in total. The number of nitro benzene ring substituents is 1. The number of para-hydroxylation sites is 1. The molecule has 0 saturated heterocycles. The van der Waals surface area contributed by atoms with Crippen molar-refractivity contribution in [3.63, 3.8) is 0 Å². The van der Waals surface area contributed by atoms with Crippen molar-refractivity contribution in [1.29, 1.82) is 0 Å². The number of nitro groups is 1. The van der Waals surface area contributed by atoms with Gasteiger partial charge in [-0.1, -0.05) is 24.3 Å². The van der Waals surface area contributed by atoms with E-state index < -0.39 is 34.3 Å². The van der Waals surface area contributed by atoms with Crippen molar-refractivity contribution in [2.45, 2.75) is 38.1 Å². The number of ether oxygens (including phenoxy) is 1. The highest BCUT2D eigenvalue weighted by molar-refractivity contribution is 5.74. The number of aliphatic hydroxyl groups excluding tert-OH is 1. The minimum Gasteiger partial charge on any atom is -0.462 e. The monoisotopic (exact) mass is 464 g/mol. The third-order valence-corrected chi connectivity index (χ3v) is 6.82. The predicted molar refractivity (Wildman–Crippen MR) is 123 cm³/mol. The summed E-state index contributed by atoms with van der Waals surface area (Å²) in [6.07, 6.45) is 3.56. The van der Waals surface area contributed by atoms with Crippen molar-refractivity contribution in [1.82, 2.24) is 0 Å². The Morgan fingerprint density at radius 1 is 1.09 bits per heavy atom. The Balaban J connectivity index is 1.69. The van der Waals surface area contributed by atoms with Crippen LogP contribution in [-0.4, -0.2) is 15.8 Å². The average Bonchev–Trinajstić information content (AvgIpc) is 2.98. The van der Waals surface area contributed by atoms with E-state index in [1.165, 1.54) is 24.3 Å². The first-order chi connectivity index (χ1) is 16.2. The maximum Gasteiger partial charge on any atom is 0.270 e. The zero-order chi connectivity index (χ0) is 24.3. The maximum atomic E-state index is 14.7. The van der Waals surface area contributed by atoms with Gasteiger partial charge < -0.3 is 14.7 Å². The average molecular weight is 464 g/mol. The van der Waals surface area contributed by atoms with Crippen LogP contribution < -0.4 is 9.64 Å². The number of hydrogen-bond acceptors (Lipinski definition) is 5. The Bertz CT molecular complexity index is 1350. The Hall–Kier alpha value is -3.78. The van der Waals surface area contributed by atoms with Crippen LogP contribution in [0, 0.1) is 21.7 Å². The second-order valence-corrected chi connectivity index (χ2v) is 9.03. The molecule has 1 unspecified atom stereocenters. The lowest BCUT2D eigenvalue weighted by molar-refractivity contribution is -0.385. The summed E-state index contributed by atoms with van der Waals surface area (Å²) in [6.45, 7) is 3.65. The van der Waals surface area contributed by atoms with Crippen LogP contribution in [0.25, 0.3) is 6.08 Å². The molecule has 2 aliphatic rings. The molecule has 0 bridgehead atoms. The van der Waals surface area contributed by atoms with E-state index in [0.717, 1.165) is 17.3 Å². The highest BCUT2D eigenvalue weighted by atomic mass is 19.1. The zero-order valence-corrected chi connectivity index (χ0v) is 18.6. The van der Waals surface area contributed by atoms with Crippen molar-refractivity contribution in [3.8, 4) is 5.75 Å². The Labute approximate surface area is 194 Å². The van der Waals surface area contributed by atoms with Gasteiger partial charge >= 0.3 is 0 Å². The van der Waals surface area contributed by atoms with Gasteiger partial charge in [-0.15, -0.1) is 0 Å². The Kier molecular flexibility index (Phi) is 4.95. The topological polar surface area (TPSA) is 75.8 Å². The molecule has 3 aromatic carbocycles. The molecular weight excluding hydrogens is 442 g/mol. The summed E-state index contributed by atoms with van der Waals surface area (Å²) in [5.41, 5.74) is 0.937. The third kappa shape index (κ3) is 3.09. The van der Waals surface area contributed by atoms with E-state index in [1.54, 1.807) is 6.08 Å². The van der Waals surface area contributed by atoms with Crippen molar-refractivity contribution in [2.24, 2.45) is 0 Å². The fourth-order valence-electron chi connectivity index (χ4n) is 5.01. The van der Waals surface area contributed by atoms with Gasteiger partial charge in [-0.05, 0) is 43.7 Å². The van der Waals surface area contributed by atoms with E-state index in [4.69, 9.17) is 4.74 Å². The van der Waals surface area contributed by atoms with Gasteiger partial charge in [0.2, 0.25) is 5.72 Å². The summed E-state index contributed by atoms with van der Waals surface area (Å²) in [6, 6.07) is 13.9. The fraction of sp³-hybridized carbons (Fsp3) is 0.231. The van der Waals surface area contributed by atoms with Gasteiger partial charge in [0.05, 0.1) is 16.9 Å². The van der Waals surface area contributed by atoms with Crippen molar-refractivity contribution < 1.29 is 23.5 Å². The SMILES string of the molecule is CC1(C)c2ccccc2N(Cc2ccc(F)cc2F)C12C=Cc1cc([N+](=O)[O-])cc(CO)c1O2. The van der Waals surface area contributed by atoms with Gasteiger partial charge in [-0.2, -0.15) is 0 Å². The number of fused-ring (bicyclic) bond motifs is 2. The third-order valence-electron chi connectivity index (χ3n) is 6.82. The van der Waals surface area contributed by atoms with Crippen LogP contribution in [-0.2, 0) is 18.6 Å². The summed E-state index contributed by atoms with van der Waals surface area (Å²) in [5, 5.41) is 21.3. The van der Waals surface area contributed by atoms with Crippen molar-refractivity contribution in [3.05, 3.63) is 105 Å². The first-order valence-corrected chi connectivity index (χ1v) is 10.8. The minimum absolute atomic E-state index is 0.0909. The molecule has 0 saturated carbocycles. The van der Waals surface area contributed by atoms with E-state index in [9.17, 15) is 24.0 Å². The number of halogens is 2. The summed E-state index contributed by atoms with van der Waals surface area (Å²) in [7, 11) is 0. The second kappa shape index (κ2) is 7.63. The van der Waals surface area contributed by atoms with E-state index in [-0.39, 0.29) is 17.8 Å². The summed E-state index contributed by atoms with van der Waals surface area (Å²) in [5.74, 6) is -0.986. The van der Waals surface area contributed by atoms with Crippen LogP contribution in [0.1, 0.15) is 36.1 Å². The molecule has 2 heterocycles. The summed E-state index contributed by atoms with van der Waals surface area (Å²) in [4.78, 5) is 12.8. The number of non-ortho nitro benzene ring substituents is 1. The molecule has 1 atom stereocenters. The number of hydrogen-bond donors (Lipinski definition) is 1. The van der Waals surface area contributed by atoms with Gasteiger partial charge in [0.15, 0.2) is 0 Å². The number of nitrogens with zero attached hydrogens (tertiary/aromatic N) is 2. The van der Waals surface area contributed by atoms with Gasteiger partial charge in [0.25, 0.3) is 5.69 Å². The van der Waals surface area contributed by atoms with Crippen molar-refractivity contribution in [2.75, 3.05) is 4.90 Å². The number of aliphatic hydroxyl groups is 1. The molecule has 34 heavy (non-hydrogen) atoms. The van der Waals surface area contributed by atoms with Crippen molar-refractivity contribution >= 4 is 17.5 Å². The molecule has 3 aromatic rings. The minimum atomic E-state index is -1.13. The summed E-state index contributed by atoms with van der Waals surface area (Å²) >= 11 is 0. The van der Waals surface area contributed by atoms with Crippen LogP contribution in [0.5, 0.6) is 5.75 Å². The Morgan fingerprint density at radius 2 is 1.85 bits per heavy atom. The number of benzene rings is 3. The normalized spacial score (nSPS) is 19.6. The number of anilines is 1. The van der Waals surface area contributed by atoms with Gasteiger partial charge in [0.1, 0.15) is 17.4 Å². The van der Waals surface area contributed by atoms with E-state index >= 15 is 0 Å². The highest BCUT2D eigenvalue weighted by Gasteiger charge is 2.59. The van der Waals surface area contributed by atoms with Crippen LogP contribution in [0.4, 0.5) is 20.2 Å². The zero-order valence-electron chi connectivity index (χ0n) is 18.6. The standard InChI is InChI=1S/C26H22F2N2O4/c1-25(2)21-5-3-4-6-23(21)29(14-17-7-8-19(27)13-22(17)28)26(25)10-9-16-11-20(30(32)33)12-18(15-31)24(16)34-26/h3-13,31H,14-15H2,1-2H3. The lowest BCUT2D eigenvalue weighted by Gasteiger charge is -2.47. The molecule has 8 heteroatoms. The quantitative estimate of drug-likeness (QED) is 0.410. The second-order valence-electron chi connectivity index (χ2n) is 9.03. The maximum absolute atomic E-state index is 14.7. The molecule has 0 amide bonds. The molecule has 1 spiro atoms. The molecule has 0 aliphatic carbocycles. The molecule has 0 fully saturated rings. The lowest BCUT2D eigenvalue weighted by Crippen LogP contribution is -2.59. The molecule has 0 radical (unpaired) electrons. The van der Waals surface area contributed by atoms with Gasteiger partial charge in [-0.25, -0.2) is 8.78 Å². The number of rotatable bonds is 4. The van der Waals surface area contributed by atoms with Gasteiger partial charge in [0, 0.05) is 47.1 Å². The highest BCUT2D eigenvalue weighted by Crippen LogP contribution is 2.56. The molecular formula is C26H22F2N2O4. The predicted octanol–water partition coefficient (Wildman–Crippen LogP) is 5.47. The largest absolute Gasteiger partial charge is 0.462 e. The first-order valence-electron chi connectivity index (χ1n) is 10.8. The smallest absolute Gasteiger partial charge is 0.270 e. The Morgan fingerprint density at radius 3 is 2.56 bits per heavy atom. The molecule has 2 aliphatic heterocycles. The van der Waals surface area contributed by atoms with E-state index in [2.05, 4.69) is 0 Å². The fourth-order valence-corrected chi connectivity index (χ4v) is 5.01. The molecule has 6 nitrogen and oxygen atoms in total. The lowest BCUT2D eigenvalue weighted by atomic mass is 9.76.